The Balaban J connectivity index is 2.13. The zero-order chi connectivity index (χ0) is 19.1. The highest BCUT2D eigenvalue weighted by Gasteiger charge is 2.11. The van der Waals surface area contributed by atoms with Crippen LogP contribution in [0.1, 0.15) is 40.2 Å². The van der Waals surface area contributed by atoms with Crippen molar-refractivity contribution in [3.05, 3.63) is 42.1 Å². The number of nitrogens with one attached hydrogen (secondary N) is 1. The molecule has 5 heteroatoms. The summed E-state index contributed by atoms with van der Waals surface area (Å²) in [5.41, 5.74) is 3.20. The highest BCUT2D eigenvalue weighted by atomic mass is 16.1. The number of anilines is 1. The van der Waals surface area contributed by atoms with E-state index < -0.39 is 0 Å². The van der Waals surface area contributed by atoms with Gasteiger partial charge in [0.25, 0.3) is 0 Å². The van der Waals surface area contributed by atoms with E-state index in [4.69, 9.17) is 4.98 Å². The van der Waals surface area contributed by atoms with Crippen molar-refractivity contribution >= 4 is 11.9 Å². The molecule has 1 amide bonds. The molecule has 1 heterocycles. The molecule has 0 spiro atoms. The zero-order valence-electron chi connectivity index (χ0n) is 16.5. The largest absolute Gasteiger partial charge is 0.354 e. The quantitative estimate of drug-likeness (QED) is 0.785. The van der Waals surface area contributed by atoms with Crippen molar-refractivity contribution in [3.8, 4) is 11.3 Å². The predicted octanol–water partition coefficient (Wildman–Crippen LogP) is 3.69. The molecule has 26 heavy (non-hydrogen) atoms. The van der Waals surface area contributed by atoms with Gasteiger partial charge in [-0.3, -0.25) is 4.79 Å². The molecule has 1 atom stereocenters. The van der Waals surface area contributed by atoms with Crippen LogP contribution in [0.5, 0.6) is 0 Å². The summed E-state index contributed by atoms with van der Waals surface area (Å²) in [5, 5.41) is 2.91. The minimum absolute atomic E-state index is 0.00418. The summed E-state index contributed by atoms with van der Waals surface area (Å²) in [5.74, 6) is 1.35. The lowest BCUT2D eigenvalue weighted by molar-refractivity contribution is -0.119. The lowest BCUT2D eigenvalue weighted by Crippen LogP contribution is -2.31. The SMILES string of the molecule is CCN(CC(C)C)c1nccc(-c2ccc(CC(C)NC(C)=O)cc2)n1. The van der Waals surface area contributed by atoms with Gasteiger partial charge in [-0.25, -0.2) is 9.97 Å². The molecule has 2 aromatic rings. The van der Waals surface area contributed by atoms with E-state index in [1.165, 1.54) is 5.56 Å². The molecule has 1 aromatic heterocycles. The van der Waals surface area contributed by atoms with Crippen LogP contribution in [0.3, 0.4) is 0 Å². The number of hydrogen-bond donors (Lipinski definition) is 1. The Kier molecular flexibility index (Phi) is 7.13. The van der Waals surface area contributed by atoms with E-state index in [1.54, 1.807) is 6.92 Å². The maximum atomic E-state index is 11.1. The Morgan fingerprint density at radius 1 is 1.15 bits per heavy atom. The first kappa shape index (κ1) is 19.9. The van der Waals surface area contributed by atoms with Crippen LogP contribution < -0.4 is 10.2 Å². The molecule has 140 valence electrons. The van der Waals surface area contributed by atoms with Crippen LogP contribution in [-0.4, -0.2) is 35.0 Å². The Hall–Kier alpha value is -2.43. The summed E-state index contributed by atoms with van der Waals surface area (Å²) < 4.78 is 0. The molecule has 2 rings (SSSR count). The highest BCUT2D eigenvalue weighted by molar-refractivity contribution is 5.73. The van der Waals surface area contributed by atoms with E-state index in [0.29, 0.717) is 5.92 Å². The zero-order valence-corrected chi connectivity index (χ0v) is 16.5. The van der Waals surface area contributed by atoms with Crippen LogP contribution in [0.15, 0.2) is 36.5 Å². The summed E-state index contributed by atoms with van der Waals surface area (Å²) in [6.07, 6.45) is 2.64. The normalized spacial score (nSPS) is 12.1. The molecule has 0 aliphatic heterocycles. The van der Waals surface area contributed by atoms with E-state index in [2.05, 4.69) is 60.2 Å². The van der Waals surface area contributed by atoms with Gasteiger partial charge in [0.1, 0.15) is 0 Å². The summed E-state index contributed by atoms with van der Waals surface area (Å²) >= 11 is 0. The molecule has 0 fully saturated rings. The van der Waals surface area contributed by atoms with Crippen LogP contribution >= 0.6 is 0 Å². The minimum atomic E-state index is 0.00418. The molecule has 1 unspecified atom stereocenters. The van der Waals surface area contributed by atoms with Crippen molar-refractivity contribution in [1.29, 1.82) is 0 Å². The number of hydrogen-bond acceptors (Lipinski definition) is 4. The number of carbonyl (C=O) groups excluding carboxylic acids is 1. The topological polar surface area (TPSA) is 58.1 Å². The lowest BCUT2D eigenvalue weighted by atomic mass is 10.0. The number of rotatable bonds is 8. The standard InChI is InChI=1S/C21H30N4O/c1-6-25(14-15(2)3)21-22-12-11-20(24-21)19-9-7-18(8-10-19)13-16(4)23-17(5)26/h7-12,15-16H,6,13-14H2,1-5H3,(H,23,26). The van der Waals surface area contributed by atoms with Crippen LogP contribution in [0.2, 0.25) is 0 Å². The molecular formula is C21H30N4O. The first-order valence-electron chi connectivity index (χ1n) is 9.33. The Morgan fingerprint density at radius 3 is 2.42 bits per heavy atom. The van der Waals surface area contributed by atoms with Gasteiger partial charge >= 0.3 is 0 Å². The first-order chi connectivity index (χ1) is 12.4. The van der Waals surface area contributed by atoms with E-state index >= 15 is 0 Å². The van der Waals surface area contributed by atoms with E-state index in [9.17, 15) is 4.79 Å². The molecule has 1 N–H and O–H groups in total. The summed E-state index contributed by atoms with van der Waals surface area (Å²) in [7, 11) is 0. The van der Waals surface area contributed by atoms with Gasteiger partial charge in [-0.05, 0) is 37.8 Å². The van der Waals surface area contributed by atoms with E-state index in [1.807, 2.05) is 19.2 Å². The monoisotopic (exact) mass is 354 g/mol. The fourth-order valence-electron chi connectivity index (χ4n) is 3.02. The van der Waals surface area contributed by atoms with Crippen molar-refractivity contribution in [3.63, 3.8) is 0 Å². The molecule has 5 nitrogen and oxygen atoms in total. The van der Waals surface area contributed by atoms with Crippen molar-refractivity contribution in [1.82, 2.24) is 15.3 Å². The molecule has 0 saturated heterocycles. The predicted molar refractivity (Wildman–Crippen MR) is 107 cm³/mol. The van der Waals surface area contributed by atoms with Crippen molar-refractivity contribution < 1.29 is 4.79 Å². The fraction of sp³-hybridized carbons (Fsp3) is 0.476. The van der Waals surface area contributed by atoms with Crippen LogP contribution in [0.25, 0.3) is 11.3 Å². The molecule has 0 aliphatic rings. The van der Waals surface area contributed by atoms with E-state index in [-0.39, 0.29) is 11.9 Å². The van der Waals surface area contributed by atoms with Gasteiger partial charge in [0, 0.05) is 37.8 Å². The highest BCUT2D eigenvalue weighted by Crippen LogP contribution is 2.20. The summed E-state index contributed by atoms with van der Waals surface area (Å²) in [4.78, 5) is 22.5. The molecule has 1 aromatic carbocycles. The summed E-state index contributed by atoms with van der Waals surface area (Å²) in [6.45, 7) is 11.9. The van der Waals surface area contributed by atoms with Crippen LogP contribution in [0, 0.1) is 5.92 Å². The lowest BCUT2D eigenvalue weighted by Gasteiger charge is -2.23. The Labute approximate surface area is 156 Å². The average molecular weight is 354 g/mol. The molecular weight excluding hydrogens is 324 g/mol. The number of aromatic nitrogens is 2. The van der Waals surface area contributed by atoms with Crippen LogP contribution in [0.4, 0.5) is 5.95 Å². The van der Waals surface area contributed by atoms with Gasteiger partial charge in [0.15, 0.2) is 0 Å². The fourth-order valence-corrected chi connectivity index (χ4v) is 3.02. The Morgan fingerprint density at radius 2 is 1.85 bits per heavy atom. The molecule has 0 bridgehead atoms. The van der Waals surface area contributed by atoms with Crippen molar-refractivity contribution in [2.45, 2.75) is 47.1 Å². The summed E-state index contributed by atoms with van der Waals surface area (Å²) in [6, 6.07) is 10.4. The maximum Gasteiger partial charge on any atom is 0.225 e. The number of nitrogens with zero attached hydrogens (tertiary/aromatic N) is 3. The smallest absolute Gasteiger partial charge is 0.225 e. The first-order valence-corrected chi connectivity index (χ1v) is 9.33. The van der Waals surface area contributed by atoms with Gasteiger partial charge in [-0.1, -0.05) is 38.1 Å². The van der Waals surface area contributed by atoms with Crippen molar-refractivity contribution in [2.24, 2.45) is 5.92 Å². The van der Waals surface area contributed by atoms with Gasteiger partial charge in [-0.2, -0.15) is 0 Å². The second kappa shape index (κ2) is 9.32. The second-order valence-electron chi connectivity index (χ2n) is 7.18. The third-order valence-corrected chi connectivity index (χ3v) is 4.13. The van der Waals surface area contributed by atoms with Gasteiger partial charge in [0.05, 0.1) is 5.69 Å². The second-order valence-corrected chi connectivity index (χ2v) is 7.18. The van der Waals surface area contributed by atoms with Crippen molar-refractivity contribution in [2.75, 3.05) is 18.0 Å². The Bertz CT molecular complexity index is 712. The van der Waals surface area contributed by atoms with Gasteiger partial charge < -0.3 is 10.2 Å². The molecule has 0 aliphatic carbocycles. The number of carbonyl (C=O) groups is 1. The van der Waals surface area contributed by atoms with E-state index in [0.717, 1.165) is 36.7 Å². The minimum Gasteiger partial charge on any atom is -0.354 e. The maximum absolute atomic E-state index is 11.1. The number of benzene rings is 1. The molecule has 0 radical (unpaired) electrons. The number of amides is 1. The van der Waals surface area contributed by atoms with Gasteiger partial charge in [0.2, 0.25) is 11.9 Å². The van der Waals surface area contributed by atoms with Crippen LogP contribution in [-0.2, 0) is 11.2 Å². The third-order valence-electron chi connectivity index (χ3n) is 4.13. The third kappa shape index (κ3) is 5.83. The average Bonchev–Trinajstić information content (AvgIpc) is 2.59. The van der Waals surface area contributed by atoms with Gasteiger partial charge in [-0.15, -0.1) is 0 Å². The molecule has 0 saturated carbocycles.